The quantitative estimate of drug-likeness (QED) is 0.943. The minimum Gasteiger partial charge on any atom is -0.472 e. The second-order valence-electron chi connectivity index (χ2n) is 5.45. The van der Waals surface area contributed by atoms with E-state index in [0.29, 0.717) is 5.56 Å². The van der Waals surface area contributed by atoms with E-state index >= 15 is 0 Å². The van der Waals surface area contributed by atoms with E-state index in [0.717, 1.165) is 19.4 Å². The predicted molar refractivity (Wildman–Crippen MR) is 83.6 cm³/mol. The van der Waals surface area contributed by atoms with E-state index in [9.17, 15) is 9.59 Å². The molecule has 1 N–H and O–H groups in total. The molecule has 0 aliphatic carbocycles. The molecule has 116 valence electrons. The maximum atomic E-state index is 12.6. The molecule has 1 aliphatic rings. The second kappa shape index (κ2) is 6.36. The van der Waals surface area contributed by atoms with Crippen molar-refractivity contribution in [2.45, 2.75) is 31.8 Å². The maximum Gasteiger partial charge on any atom is 0.255 e. The number of likely N-dealkylation sites (tertiary alicyclic amines) is 1. The molecule has 2 aromatic rings. The third-order valence-corrected chi connectivity index (χ3v) is 4.67. The van der Waals surface area contributed by atoms with Gasteiger partial charge in [-0.05, 0) is 48.2 Å². The Kier molecular flexibility index (Phi) is 4.29. The van der Waals surface area contributed by atoms with Gasteiger partial charge in [-0.2, -0.15) is 11.3 Å². The van der Waals surface area contributed by atoms with Crippen molar-refractivity contribution in [3.8, 4) is 0 Å². The number of carbonyl (C=O) groups excluding carboxylic acids is 2. The molecule has 6 heteroatoms. The summed E-state index contributed by atoms with van der Waals surface area (Å²) >= 11 is 1.64. The Hall–Kier alpha value is -2.08. The fraction of sp³-hybridized carbons (Fsp3) is 0.375. The molecule has 0 radical (unpaired) electrons. The van der Waals surface area contributed by atoms with Gasteiger partial charge in [-0.25, -0.2) is 0 Å². The van der Waals surface area contributed by atoms with Gasteiger partial charge in [-0.1, -0.05) is 0 Å². The first-order chi connectivity index (χ1) is 10.7. The summed E-state index contributed by atoms with van der Waals surface area (Å²) in [5.41, 5.74) is 1.61. The number of amides is 2. The van der Waals surface area contributed by atoms with Crippen LogP contribution in [0, 0.1) is 0 Å². The third-order valence-electron chi connectivity index (χ3n) is 3.97. The van der Waals surface area contributed by atoms with Gasteiger partial charge in [0.15, 0.2) is 0 Å². The highest BCUT2D eigenvalue weighted by molar-refractivity contribution is 7.07. The van der Waals surface area contributed by atoms with Crippen molar-refractivity contribution < 1.29 is 14.0 Å². The molecule has 5 nitrogen and oxygen atoms in total. The first kappa shape index (κ1) is 14.8. The van der Waals surface area contributed by atoms with Gasteiger partial charge in [0.25, 0.3) is 5.91 Å². The Labute approximate surface area is 132 Å². The van der Waals surface area contributed by atoms with Crippen LogP contribution in [-0.2, 0) is 4.79 Å². The smallest absolute Gasteiger partial charge is 0.255 e. The summed E-state index contributed by atoms with van der Waals surface area (Å²) in [5.74, 6) is -0.327. The van der Waals surface area contributed by atoms with Crippen LogP contribution in [0.3, 0.4) is 0 Å². The van der Waals surface area contributed by atoms with E-state index in [1.165, 1.54) is 18.1 Å². The number of hydrogen-bond donors (Lipinski definition) is 1. The van der Waals surface area contributed by atoms with Crippen LogP contribution in [0.15, 0.2) is 39.8 Å². The normalized spacial score (nSPS) is 19.1. The maximum absolute atomic E-state index is 12.6. The lowest BCUT2D eigenvalue weighted by Gasteiger charge is -2.27. The highest BCUT2D eigenvalue weighted by Crippen LogP contribution is 2.33. The fourth-order valence-electron chi connectivity index (χ4n) is 2.83. The average Bonchev–Trinajstić information content (AvgIpc) is 3.26. The highest BCUT2D eigenvalue weighted by Gasteiger charge is 2.33. The van der Waals surface area contributed by atoms with Crippen molar-refractivity contribution in [2.24, 2.45) is 0 Å². The molecule has 22 heavy (non-hydrogen) atoms. The molecule has 0 saturated carbocycles. The van der Waals surface area contributed by atoms with Gasteiger partial charge in [0.2, 0.25) is 5.91 Å². The number of nitrogens with zero attached hydrogens (tertiary/aromatic N) is 1. The van der Waals surface area contributed by atoms with Crippen LogP contribution in [0.4, 0.5) is 0 Å². The molecule has 0 aromatic carbocycles. The zero-order chi connectivity index (χ0) is 15.5. The standard InChI is InChI=1S/C16H18N2O3S/c1-11(17-15(19)12-4-7-21-9-12)16(20)18-6-2-3-14(18)13-5-8-22-10-13/h4-5,7-11,14H,2-3,6H2,1H3,(H,17,19)/t11-,14+/m1/s1. The van der Waals surface area contributed by atoms with E-state index in [2.05, 4.69) is 16.8 Å². The molecule has 2 aromatic heterocycles. The minimum atomic E-state index is -0.554. The first-order valence-electron chi connectivity index (χ1n) is 7.32. The topological polar surface area (TPSA) is 62.6 Å². The summed E-state index contributed by atoms with van der Waals surface area (Å²) in [6.45, 7) is 2.47. The van der Waals surface area contributed by atoms with Gasteiger partial charge < -0.3 is 14.6 Å². The third kappa shape index (κ3) is 2.92. The van der Waals surface area contributed by atoms with Crippen LogP contribution in [0.1, 0.15) is 41.7 Å². The minimum absolute atomic E-state index is 0.0365. The molecule has 2 amide bonds. The number of hydrogen-bond acceptors (Lipinski definition) is 4. The highest BCUT2D eigenvalue weighted by atomic mass is 32.1. The molecule has 3 heterocycles. The summed E-state index contributed by atoms with van der Waals surface area (Å²) in [5, 5.41) is 6.85. The van der Waals surface area contributed by atoms with E-state index in [1.807, 2.05) is 10.3 Å². The molecular weight excluding hydrogens is 300 g/mol. The fourth-order valence-corrected chi connectivity index (χ4v) is 3.53. The van der Waals surface area contributed by atoms with E-state index < -0.39 is 6.04 Å². The molecule has 1 aliphatic heterocycles. The van der Waals surface area contributed by atoms with Crippen LogP contribution in [-0.4, -0.2) is 29.3 Å². The Balaban J connectivity index is 1.66. The molecule has 1 fully saturated rings. The Morgan fingerprint density at radius 1 is 1.45 bits per heavy atom. The average molecular weight is 318 g/mol. The summed E-state index contributed by atoms with van der Waals surface area (Å²) in [7, 11) is 0. The van der Waals surface area contributed by atoms with Gasteiger partial charge in [0, 0.05) is 6.54 Å². The van der Waals surface area contributed by atoms with Crippen molar-refractivity contribution in [3.05, 3.63) is 46.5 Å². The van der Waals surface area contributed by atoms with Crippen molar-refractivity contribution >= 4 is 23.2 Å². The summed E-state index contributed by atoms with van der Waals surface area (Å²) in [6, 6.07) is 3.22. The van der Waals surface area contributed by atoms with Gasteiger partial charge in [0.1, 0.15) is 12.3 Å². The second-order valence-corrected chi connectivity index (χ2v) is 6.23. The lowest BCUT2D eigenvalue weighted by molar-refractivity contribution is -0.133. The van der Waals surface area contributed by atoms with Crippen molar-refractivity contribution in [1.29, 1.82) is 0 Å². The molecule has 0 bridgehead atoms. The SMILES string of the molecule is C[C@@H](NC(=O)c1ccoc1)C(=O)N1CCC[C@H]1c1ccsc1. The largest absolute Gasteiger partial charge is 0.472 e. The number of thiophene rings is 1. The Bertz CT molecular complexity index is 636. The molecule has 0 unspecified atom stereocenters. The van der Waals surface area contributed by atoms with E-state index in [4.69, 9.17) is 4.42 Å². The zero-order valence-electron chi connectivity index (χ0n) is 12.3. The molecule has 0 spiro atoms. The lowest BCUT2D eigenvalue weighted by Crippen LogP contribution is -2.46. The molecular formula is C16H18N2O3S. The number of furan rings is 1. The van der Waals surface area contributed by atoms with Crippen LogP contribution >= 0.6 is 11.3 Å². The summed E-state index contributed by atoms with van der Waals surface area (Å²) in [4.78, 5) is 26.5. The van der Waals surface area contributed by atoms with Gasteiger partial charge >= 0.3 is 0 Å². The molecule has 1 saturated heterocycles. The number of carbonyl (C=O) groups is 2. The van der Waals surface area contributed by atoms with Crippen LogP contribution in [0.25, 0.3) is 0 Å². The van der Waals surface area contributed by atoms with Crippen LogP contribution in [0.5, 0.6) is 0 Å². The zero-order valence-corrected chi connectivity index (χ0v) is 13.1. The van der Waals surface area contributed by atoms with Crippen LogP contribution in [0.2, 0.25) is 0 Å². The number of nitrogens with one attached hydrogen (secondary N) is 1. The monoisotopic (exact) mass is 318 g/mol. The predicted octanol–water partition coefficient (Wildman–Crippen LogP) is 2.82. The van der Waals surface area contributed by atoms with Crippen molar-refractivity contribution in [1.82, 2.24) is 10.2 Å². The number of rotatable bonds is 4. The van der Waals surface area contributed by atoms with Gasteiger partial charge in [-0.15, -0.1) is 0 Å². The van der Waals surface area contributed by atoms with Crippen molar-refractivity contribution in [2.75, 3.05) is 6.54 Å². The summed E-state index contributed by atoms with van der Waals surface area (Å²) in [6.07, 6.45) is 4.78. The molecule has 3 rings (SSSR count). The Morgan fingerprint density at radius 2 is 2.32 bits per heavy atom. The first-order valence-corrected chi connectivity index (χ1v) is 8.26. The van der Waals surface area contributed by atoms with E-state index in [1.54, 1.807) is 24.3 Å². The van der Waals surface area contributed by atoms with E-state index in [-0.39, 0.29) is 17.9 Å². The van der Waals surface area contributed by atoms with Gasteiger partial charge in [0.05, 0.1) is 17.9 Å². The van der Waals surface area contributed by atoms with Crippen molar-refractivity contribution in [3.63, 3.8) is 0 Å². The van der Waals surface area contributed by atoms with Gasteiger partial charge in [-0.3, -0.25) is 9.59 Å². The lowest BCUT2D eigenvalue weighted by atomic mass is 10.1. The Morgan fingerprint density at radius 3 is 3.00 bits per heavy atom. The van der Waals surface area contributed by atoms with Crippen LogP contribution < -0.4 is 5.32 Å². The summed E-state index contributed by atoms with van der Waals surface area (Å²) < 4.78 is 4.89. The molecule has 2 atom stereocenters.